The van der Waals surface area contributed by atoms with E-state index in [0.717, 1.165) is 30.2 Å². The molecule has 5 heteroatoms. The molecule has 0 aromatic carbocycles. The molecule has 0 amide bonds. The molecule has 0 unspecified atom stereocenters. The highest BCUT2D eigenvalue weighted by atomic mass is 16.5. The van der Waals surface area contributed by atoms with Crippen LogP contribution in [0.3, 0.4) is 0 Å². The first kappa shape index (κ1) is 16.2. The van der Waals surface area contributed by atoms with Crippen LogP contribution in [0.15, 0.2) is 12.1 Å². The molecule has 1 aliphatic heterocycles. The molecule has 0 aliphatic carbocycles. The third-order valence-corrected chi connectivity index (χ3v) is 3.62. The number of aliphatic hydroxyl groups is 1. The smallest absolute Gasteiger partial charge is 0.0948 e. The zero-order valence-corrected chi connectivity index (χ0v) is 13.5. The van der Waals surface area contributed by atoms with Crippen LogP contribution in [0.5, 0.6) is 0 Å². The minimum atomic E-state index is -0.440. The Morgan fingerprint density at radius 3 is 2.86 bits per heavy atom. The van der Waals surface area contributed by atoms with Crippen molar-refractivity contribution in [1.82, 2.24) is 9.88 Å². The molecule has 1 fully saturated rings. The quantitative estimate of drug-likeness (QED) is 0.911. The molecule has 1 atom stereocenters. The Balaban J connectivity index is 2.31. The number of aliphatic hydroxyl groups excluding tert-OH is 1. The van der Waals surface area contributed by atoms with Gasteiger partial charge < -0.3 is 19.6 Å². The number of anilines is 1. The van der Waals surface area contributed by atoms with Crippen molar-refractivity contribution in [2.45, 2.75) is 32.4 Å². The molecule has 2 heterocycles. The SMILES string of the molecule is CC(C)c1ccc(N2CCOC[C@@H](O)C2)c(CN(C)C)n1. The normalized spacial score (nSPS) is 20.1. The molecule has 118 valence electrons. The molecule has 0 radical (unpaired) electrons. The lowest BCUT2D eigenvalue weighted by molar-refractivity contribution is 0.0597. The minimum absolute atomic E-state index is 0.414. The van der Waals surface area contributed by atoms with E-state index in [4.69, 9.17) is 9.72 Å². The lowest BCUT2D eigenvalue weighted by atomic mass is 10.1. The molecule has 21 heavy (non-hydrogen) atoms. The molecule has 2 rings (SSSR count). The first-order chi connectivity index (χ1) is 9.97. The fourth-order valence-electron chi connectivity index (χ4n) is 2.55. The molecule has 1 aliphatic rings. The zero-order valence-electron chi connectivity index (χ0n) is 13.5. The van der Waals surface area contributed by atoms with E-state index in [0.29, 0.717) is 25.7 Å². The number of hydrogen-bond donors (Lipinski definition) is 1. The second-order valence-corrected chi connectivity index (χ2v) is 6.27. The summed E-state index contributed by atoms with van der Waals surface area (Å²) in [5.74, 6) is 0.415. The molecular weight excluding hydrogens is 266 g/mol. The van der Waals surface area contributed by atoms with E-state index >= 15 is 0 Å². The maximum Gasteiger partial charge on any atom is 0.0948 e. The molecule has 1 aromatic rings. The number of ether oxygens (including phenoxy) is 1. The van der Waals surface area contributed by atoms with Crippen LogP contribution in [-0.2, 0) is 11.3 Å². The zero-order chi connectivity index (χ0) is 15.4. The Labute approximate surface area is 127 Å². The van der Waals surface area contributed by atoms with Crippen molar-refractivity contribution >= 4 is 5.69 Å². The molecule has 0 bridgehead atoms. The van der Waals surface area contributed by atoms with Gasteiger partial charge in [-0.2, -0.15) is 0 Å². The minimum Gasteiger partial charge on any atom is -0.389 e. The molecule has 0 spiro atoms. The van der Waals surface area contributed by atoms with Gasteiger partial charge in [-0.25, -0.2) is 0 Å². The summed E-state index contributed by atoms with van der Waals surface area (Å²) in [7, 11) is 4.10. The van der Waals surface area contributed by atoms with Gasteiger partial charge in [0.05, 0.1) is 30.7 Å². The molecule has 1 N–H and O–H groups in total. The van der Waals surface area contributed by atoms with Crippen molar-refractivity contribution in [3.05, 3.63) is 23.5 Å². The number of nitrogens with zero attached hydrogens (tertiary/aromatic N) is 3. The number of rotatable bonds is 4. The summed E-state index contributed by atoms with van der Waals surface area (Å²) in [6.07, 6.45) is -0.440. The third-order valence-electron chi connectivity index (χ3n) is 3.62. The second kappa shape index (κ2) is 7.20. The highest BCUT2D eigenvalue weighted by Gasteiger charge is 2.20. The molecule has 5 nitrogen and oxygen atoms in total. The first-order valence-electron chi connectivity index (χ1n) is 7.62. The molecule has 1 saturated heterocycles. The van der Waals surface area contributed by atoms with Crippen molar-refractivity contribution in [3.63, 3.8) is 0 Å². The van der Waals surface area contributed by atoms with Crippen LogP contribution in [0.1, 0.15) is 31.2 Å². The molecule has 0 saturated carbocycles. The van der Waals surface area contributed by atoms with Crippen LogP contribution >= 0.6 is 0 Å². The number of hydrogen-bond acceptors (Lipinski definition) is 5. The number of aromatic nitrogens is 1. The van der Waals surface area contributed by atoms with Crippen LogP contribution < -0.4 is 4.90 Å². The fraction of sp³-hybridized carbons (Fsp3) is 0.688. The Kier molecular flexibility index (Phi) is 5.56. The van der Waals surface area contributed by atoms with E-state index in [1.54, 1.807) is 0 Å². The van der Waals surface area contributed by atoms with Crippen LogP contribution in [0.25, 0.3) is 0 Å². The van der Waals surface area contributed by atoms with Gasteiger partial charge in [-0.05, 0) is 32.1 Å². The third kappa shape index (κ3) is 4.40. The molecular formula is C16H27N3O2. The predicted octanol–water partition coefficient (Wildman–Crippen LogP) is 1.46. The molecule has 1 aromatic heterocycles. The Morgan fingerprint density at radius 1 is 1.43 bits per heavy atom. The van der Waals surface area contributed by atoms with Gasteiger partial charge >= 0.3 is 0 Å². The van der Waals surface area contributed by atoms with Crippen molar-refractivity contribution in [1.29, 1.82) is 0 Å². The average molecular weight is 293 g/mol. The maximum atomic E-state index is 9.94. The van der Waals surface area contributed by atoms with Gasteiger partial charge in [0.25, 0.3) is 0 Å². The van der Waals surface area contributed by atoms with Crippen LogP contribution in [0.4, 0.5) is 5.69 Å². The highest BCUT2D eigenvalue weighted by Crippen LogP contribution is 2.24. The lowest BCUT2D eigenvalue weighted by Gasteiger charge is -2.27. The van der Waals surface area contributed by atoms with Gasteiger partial charge in [0.15, 0.2) is 0 Å². The number of β-amino-alcohol motifs (C(OH)–C–C–N with tert-alkyl or cyclic N) is 1. The van der Waals surface area contributed by atoms with Crippen LogP contribution in [0, 0.1) is 0 Å². The van der Waals surface area contributed by atoms with Gasteiger partial charge in [-0.1, -0.05) is 13.8 Å². The van der Waals surface area contributed by atoms with Gasteiger partial charge in [0, 0.05) is 25.3 Å². The van der Waals surface area contributed by atoms with E-state index in [2.05, 4.69) is 35.8 Å². The first-order valence-corrected chi connectivity index (χ1v) is 7.62. The summed E-state index contributed by atoms with van der Waals surface area (Å²) in [6, 6.07) is 4.23. The maximum absolute atomic E-state index is 9.94. The van der Waals surface area contributed by atoms with E-state index < -0.39 is 6.10 Å². The van der Waals surface area contributed by atoms with Crippen molar-refractivity contribution in [2.75, 3.05) is 45.3 Å². The monoisotopic (exact) mass is 293 g/mol. The number of pyridine rings is 1. The Morgan fingerprint density at radius 2 is 2.19 bits per heavy atom. The Hall–Kier alpha value is -1.17. The standard InChI is InChI=1S/C16H27N3O2/c1-12(2)14-5-6-16(15(17-14)10-18(3)4)19-7-8-21-11-13(20)9-19/h5-6,12-13,20H,7-11H2,1-4H3/t13-/m0/s1. The average Bonchev–Trinajstić information content (AvgIpc) is 2.62. The highest BCUT2D eigenvalue weighted by molar-refractivity contribution is 5.52. The summed E-state index contributed by atoms with van der Waals surface area (Å²) in [4.78, 5) is 9.15. The summed E-state index contributed by atoms with van der Waals surface area (Å²) in [5, 5.41) is 9.94. The van der Waals surface area contributed by atoms with E-state index in [9.17, 15) is 5.11 Å². The van der Waals surface area contributed by atoms with Gasteiger partial charge in [0.1, 0.15) is 0 Å². The predicted molar refractivity (Wildman–Crippen MR) is 84.8 cm³/mol. The summed E-state index contributed by atoms with van der Waals surface area (Å²) in [6.45, 7) is 7.56. The lowest BCUT2D eigenvalue weighted by Crippen LogP contribution is -2.34. The van der Waals surface area contributed by atoms with E-state index in [1.807, 2.05) is 14.1 Å². The van der Waals surface area contributed by atoms with Gasteiger partial charge in [0.2, 0.25) is 0 Å². The topological polar surface area (TPSA) is 48.8 Å². The van der Waals surface area contributed by atoms with Crippen molar-refractivity contribution < 1.29 is 9.84 Å². The summed E-state index contributed by atoms with van der Waals surface area (Å²) >= 11 is 0. The van der Waals surface area contributed by atoms with E-state index in [-0.39, 0.29) is 0 Å². The Bertz CT molecular complexity index is 463. The largest absolute Gasteiger partial charge is 0.389 e. The van der Waals surface area contributed by atoms with Crippen LogP contribution in [-0.4, -0.2) is 61.5 Å². The summed E-state index contributed by atoms with van der Waals surface area (Å²) in [5.41, 5.74) is 3.29. The van der Waals surface area contributed by atoms with E-state index in [1.165, 1.54) is 0 Å². The van der Waals surface area contributed by atoms with Crippen LogP contribution in [0.2, 0.25) is 0 Å². The second-order valence-electron chi connectivity index (χ2n) is 6.27. The van der Waals surface area contributed by atoms with Crippen molar-refractivity contribution in [3.8, 4) is 0 Å². The summed E-state index contributed by atoms with van der Waals surface area (Å²) < 4.78 is 5.42. The van der Waals surface area contributed by atoms with Gasteiger partial charge in [-0.15, -0.1) is 0 Å². The van der Waals surface area contributed by atoms with Gasteiger partial charge in [-0.3, -0.25) is 4.98 Å². The fourth-order valence-corrected chi connectivity index (χ4v) is 2.55. The van der Waals surface area contributed by atoms with Crippen molar-refractivity contribution in [2.24, 2.45) is 0 Å².